The number of para-hydroxylation sites is 1. The molecule has 26 heavy (non-hydrogen) atoms. The molecule has 1 N–H and O–H groups in total. The summed E-state index contributed by atoms with van der Waals surface area (Å²) in [7, 11) is 3.18. The zero-order valence-corrected chi connectivity index (χ0v) is 16.4. The Kier molecular flexibility index (Phi) is 6.06. The number of thiocarbonyl (C=S) groups is 1. The summed E-state index contributed by atoms with van der Waals surface area (Å²) in [6.45, 7) is 3.56. The van der Waals surface area contributed by atoms with Crippen LogP contribution in [0.5, 0.6) is 11.5 Å². The van der Waals surface area contributed by atoms with Gasteiger partial charge in [0, 0.05) is 44.0 Å². The molecule has 0 radical (unpaired) electrons. The van der Waals surface area contributed by atoms with Crippen LogP contribution in [-0.4, -0.2) is 50.4 Å². The van der Waals surface area contributed by atoms with E-state index in [1.165, 1.54) is 5.69 Å². The van der Waals surface area contributed by atoms with Crippen LogP contribution < -0.4 is 19.7 Å². The van der Waals surface area contributed by atoms with Gasteiger partial charge in [0.2, 0.25) is 0 Å². The van der Waals surface area contributed by atoms with Gasteiger partial charge in [0.1, 0.15) is 11.5 Å². The molecule has 1 heterocycles. The second-order valence-corrected chi connectivity index (χ2v) is 6.72. The van der Waals surface area contributed by atoms with Crippen molar-refractivity contribution in [3.8, 4) is 11.5 Å². The lowest BCUT2D eigenvalue weighted by molar-refractivity contribution is 0.389. The third-order valence-corrected chi connectivity index (χ3v) is 5.06. The molecule has 1 aliphatic rings. The minimum Gasteiger partial charge on any atom is -0.495 e. The monoisotopic (exact) mass is 391 g/mol. The van der Waals surface area contributed by atoms with Crippen molar-refractivity contribution in [1.82, 2.24) is 4.90 Å². The van der Waals surface area contributed by atoms with E-state index in [1.54, 1.807) is 26.4 Å². The molecule has 0 unspecified atom stereocenters. The highest BCUT2D eigenvalue weighted by atomic mass is 35.5. The maximum Gasteiger partial charge on any atom is 0.173 e. The number of nitrogens with zero attached hydrogens (tertiary/aromatic N) is 2. The minimum atomic E-state index is 0.497. The van der Waals surface area contributed by atoms with E-state index in [4.69, 9.17) is 33.3 Å². The van der Waals surface area contributed by atoms with E-state index in [0.29, 0.717) is 21.6 Å². The molecule has 1 saturated heterocycles. The average Bonchev–Trinajstić information content (AvgIpc) is 2.69. The van der Waals surface area contributed by atoms with Crippen molar-refractivity contribution in [3.05, 3.63) is 47.5 Å². The molecule has 2 aromatic carbocycles. The normalized spacial score (nSPS) is 14.1. The van der Waals surface area contributed by atoms with E-state index in [-0.39, 0.29) is 0 Å². The fourth-order valence-electron chi connectivity index (χ4n) is 2.96. The largest absolute Gasteiger partial charge is 0.495 e. The number of methoxy groups -OCH3 is 2. The van der Waals surface area contributed by atoms with Gasteiger partial charge in [-0.1, -0.05) is 29.8 Å². The molecule has 0 atom stereocenters. The first-order valence-electron chi connectivity index (χ1n) is 8.40. The van der Waals surface area contributed by atoms with Crippen LogP contribution in [0.1, 0.15) is 0 Å². The number of benzene rings is 2. The average molecular weight is 392 g/mol. The van der Waals surface area contributed by atoms with Crippen molar-refractivity contribution in [1.29, 1.82) is 0 Å². The minimum absolute atomic E-state index is 0.497. The van der Waals surface area contributed by atoms with Crippen LogP contribution in [0.2, 0.25) is 5.02 Å². The summed E-state index contributed by atoms with van der Waals surface area (Å²) < 4.78 is 10.7. The van der Waals surface area contributed by atoms with Crippen molar-refractivity contribution in [2.24, 2.45) is 0 Å². The number of nitrogens with one attached hydrogen (secondary N) is 1. The number of halogens is 1. The number of hydrogen-bond donors (Lipinski definition) is 1. The van der Waals surface area contributed by atoms with E-state index < -0.39 is 0 Å². The summed E-state index contributed by atoms with van der Waals surface area (Å²) in [4.78, 5) is 4.53. The summed E-state index contributed by atoms with van der Waals surface area (Å²) in [5.41, 5.74) is 1.99. The van der Waals surface area contributed by atoms with Crippen molar-refractivity contribution >= 4 is 40.3 Å². The van der Waals surface area contributed by atoms with Gasteiger partial charge in [0.25, 0.3) is 0 Å². The van der Waals surface area contributed by atoms with Gasteiger partial charge in [-0.15, -0.1) is 0 Å². The molecular formula is C19H22ClN3O2S. The first-order chi connectivity index (χ1) is 12.6. The van der Waals surface area contributed by atoms with Crippen molar-refractivity contribution in [2.75, 3.05) is 50.6 Å². The number of rotatable bonds is 4. The van der Waals surface area contributed by atoms with E-state index in [1.807, 2.05) is 6.07 Å². The molecule has 3 rings (SSSR count). The molecular weight excluding hydrogens is 370 g/mol. The molecule has 5 nitrogen and oxygen atoms in total. The molecule has 0 amide bonds. The number of ether oxygens (including phenoxy) is 2. The zero-order chi connectivity index (χ0) is 18.5. The predicted octanol–water partition coefficient (Wildman–Crippen LogP) is 3.88. The van der Waals surface area contributed by atoms with Crippen molar-refractivity contribution in [2.45, 2.75) is 0 Å². The summed E-state index contributed by atoms with van der Waals surface area (Å²) in [6.07, 6.45) is 0. The highest BCUT2D eigenvalue weighted by molar-refractivity contribution is 7.80. The maximum atomic E-state index is 6.16. The van der Waals surface area contributed by atoms with Crippen LogP contribution in [0, 0.1) is 0 Å². The van der Waals surface area contributed by atoms with Gasteiger partial charge in [0.15, 0.2) is 5.11 Å². The molecule has 0 saturated carbocycles. The Morgan fingerprint density at radius 2 is 1.65 bits per heavy atom. The van der Waals surface area contributed by atoms with Gasteiger partial charge in [0.05, 0.1) is 24.9 Å². The molecule has 0 bridgehead atoms. The van der Waals surface area contributed by atoms with Crippen molar-refractivity contribution < 1.29 is 9.47 Å². The predicted molar refractivity (Wildman–Crippen MR) is 111 cm³/mol. The highest BCUT2D eigenvalue weighted by Crippen LogP contribution is 2.36. The fraction of sp³-hybridized carbons (Fsp3) is 0.316. The summed E-state index contributed by atoms with van der Waals surface area (Å²) in [6, 6.07) is 14.0. The molecule has 2 aromatic rings. The second kappa shape index (κ2) is 8.47. The van der Waals surface area contributed by atoms with Crippen molar-refractivity contribution in [3.63, 3.8) is 0 Å². The first-order valence-corrected chi connectivity index (χ1v) is 9.18. The first kappa shape index (κ1) is 18.6. The highest BCUT2D eigenvalue weighted by Gasteiger charge is 2.20. The topological polar surface area (TPSA) is 37.0 Å². The Balaban J connectivity index is 1.64. The fourth-order valence-corrected chi connectivity index (χ4v) is 3.48. The van der Waals surface area contributed by atoms with Crippen LogP contribution in [-0.2, 0) is 0 Å². The maximum absolute atomic E-state index is 6.16. The summed E-state index contributed by atoms with van der Waals surface area (Å²) in [5.74, 6) is 1.20. The van der Waals surface area contributed by atoms with E-state index in [0.717, 1.165) is 31.9 Å². The van der Waals surface area contributed by atoms with E-state index >= 15 is 0 Å². The summed E-state index contributed by atoms with van der Waals surface area (Å²) >= 11 is 11.8. The third-order valence-electron chi connectivity index (χ3n) is 4.40. The molecule has 7 heteroatoms. The van der Waals surface area contributed by atoms with Gasteiger partial charge >= 0.3 is 0 Å². The Bertz CT molecular complexity index is 765. The SMILES string of the molecule is COc1cc(NC(=S)N2CCN(c3ccccc3)CC2)c(OC)cc1Cl. The Morgan fingerprint density at radius 3 is 2.27 bits per heavy atom. The smallest absolute Gasteiger partial charge is 0.173 e. The molecule has 0 aliphatic carbocycles. The van der Waals surface area contributed by atoms with Gasteiger partial charge in [-0.05, 0) is 24.4 Å². The molecule has 1 aliphatic heterocycles. The van der Waals surface area contributed by atoms with E-state index in [9.17, 15) is 0 Å². The quantitative estimate of drug-likeness (QED) is 0.797. The Hall–Kier alpha value is -2.18. The van der Waals surface area contributed by atoms with Crippen LogP contribution in [0.4, 0.5) is 11.4 Å². The lowest BCUT2D eigenvalue weighted by Gasteiger charge is -2.37. The van der Waals surface area contributed by atoms with Gasteiger partial charge in [-0.3, -0.25) is 0 Å². The third kappa shape index (κ3) is 4.14. The molecule has 1 fully saturated rings. The number of piperazine rings is 1. The number of anilines is 2. The Labute approximate surface area is 164 Å². The Morgan fingerprint density at radius 1 is 1.00 bits per heavy atom. The molecule has 138 valence electrons. The standard InChI is InChI=1S/C19H22ClN3O2S/c1-24-17-13-16(18(25-2)12-15(17)20)21-19(26)23-10-8-22(9-11-23)14-6-4-3-5-7-14/h3-7,12-13H,8-11H2,1-2H3,(H,21,26). The van der Waals surface area contributed by atoms with Gasteiger partial charge in [-0.2, -0.15) is 0 Å². The van der Waals surface area contributed by atoms with Crippen LogP contribution in [0.15, 0.2) is 42.5 Å². The van der Waals surface area contributed by atoms with Gasteiger partial charge in [-0.25, -0.2) is 0 Å². The molecule has 0 aromatic heterocycles. The van der Waals surface area contributed by atoms with Crippen LogP contribution in [0.25, 0.3) is 0 Å². The lowest BCUT2D eigenvalue weighted by Crippen LogP contribution is -2.50. The molecule has 0 spiro atoms. The summed E-state index contributed by atoms with van der Waals surface area (Å²) in [5, 5.41) is 4.43. The van der Waals surface area contributed by atoms with E-state index in [2.05, 4.69) is 39.4 Å². The second-order valence-electron chi connectivity index (χ2n) is 5.93. The zero-order valence-electron chi connectivity index (χ0n) is 14.9. The van der Waals surface area contributed by atoms with Crippen LogP contribution >= 0.6 is 23.8 Å². The lowest BCUT2D eigenvalue weighted by atomic mass is 10.2. The number of hydrogen-bond acceptors (Lipinski definition) is 4. The van der Waals surface area contributed by atoms with Gasteiger partial charge < -0.3 is 24.6 Å². The van der Waals surface area contributed by atoms with Crippen LogP contribution in [0.3, 0.4) is 0 Å².